The molecular weight excluding hydrogens is 597 g/mol. The van der Waals surface area contributed by atoms with E-state index in [1.54, 1.807) is 19.2 Å². The monoisotopic (exact) mass is 646 g/mol. The Morgan fingerprint density at radius 2 is 1.59 bits per heavy atom. The number of aryl methyl sites for hydroxylation is 1. The minimum absolute atomic E-state index is 0.0829. The second kappa shape index (κ2) is 14.5. The number of halogens is 3. The average molecular weight is 647 g/mol. The van der Waals surface area contributed by atoms with E-state index in [4.69, 9.17) is 18.6 Å². The predicted molar refractivity (Wildman–Crippen MR) is 175 cm³/mol. The Balaban J connectivity index is 1.81. The van der Waals surface area contributed by atoms with Gasteiger partial charge in [-0.05, 0) is 66.8 Å². The van der Waals surface area contributed by atoms with Gasteiger partial charge in [-0.25, -0.2) is 4.79 Å². The summed E-state index contributed by atoms with van der Waals surface area (Å²) in [7, 11) is 1.55. The number of hydrogen-bond acceptors (Lipinski definition) is 6. The molecule has 0 aliphatic carbocycles. The van der Waals surface area contributed by atoms with Crippen molar-refractivity contribution in [2.24, 2.45) is 22.2 Å². The van der Waals surface area contributed by atoms with Crippen LogP contribution in [0.25, 0.3) is 22.1 Å². The molecule has 0 saturated heterocycles. The second-order valence-electron chi connectivity index (χ2n) is 14.8. The molecule has 2 unspecified atom stereocenters. The van der Waals surface area contributed by atoms with Crippen molar-refractivity contribution in [3.05, 3.63) is 58.4 Å². The summed E-state index contributed by atoms with van der Waals surface area (Å²) in [6.07, 6.45) is -0.0450. The van der Waals surface area contributed by atoms with Gasteiger partial charge in [-0.1, -0.05) is 73.4 Å². The fourth-order valence-corrected chi connectivity index (χ4v) is 5.20. The number of ether oxygens (including phenoxy) is 3. The first-order valence-electron chi connectivity index (χ1n) is 15.9. The summed E-state index contributed by atoms with van der Waals surface area (Å²) in [5.74, 6) is -0.605. The standard InChI is InChI=1S/C37H49F3O6/c1-10-11-12-13-24-14-17-27(31(18-24)43-9)28-19-25-15-16-26(20-30(25)46-32(28)41)44-22-36(8,37(38,39)40)23-45-33(42)29(35(5,6)7)21-34(2,3)4/h14-20,29H,10-13,21-23H2,1-9H3. The number of unbranched alkanes of at least 4 members (excludes halogenated alkanes) is 2. The van der Waals surface area contributed by atoms with Gasteiger partial charge in [0.1, 0.15) is 35.7 Å². The minimum atomic E-state index is -4.72. The molecule has 3 rings (SSSR count). The third-order valence-corrected chi connectivity index (χ3v) is 8.25. The molecule has 1 aromatic heterocycles. The summed E-state index contributed by atoms with van der Waals surface area (Å²) in [5.41, 5.74) is -1.63. The fourth-order valence-electron chi connectivity index (χ4n) is 5.20. The maximum Gasteiger partial charge on any atom is 0.400 e. The van der Waals surface area contributed by atoms with E-state index in [1.807, 2.05) is 59.7 Å². The average Bonchev–Trinajstić information content (AvgIpc) is 2.95. The summed E-state index contributed by atoms with van der Waals surface area (Å²) < 4.78 is 65.0. The van der Waals surface area contributed by atoms with Gasteiger partial charge in [0.25, 0.3) is 0 Å². The minimum Gasteiger partial charge on any atom is -0.496 e. The van der Waals surface area contributed by atoms with Crippen LogP contribution in [0.5, 0.6) is 11.5 Å². The summed E-state index contributed by atoms with van der Waals surface area (Å²) in [6.45, 7) is 13.0. The van der Waals surface area contributed by atoms with E-state index in [1.165, 1.54) is 12.1 Å². The third-order valence-electron chi connectivity index (χ3n) is 8.25. The van der Waals surface area contributed by atoms with Crippen LogP contribution in [-0.4, -0.2) is 32.5 Å². The maximum absolute atomic E-state index is 14.3. The lowest BCUT2D eigenvalue weighted by Crippen LogP contribution is -2.46. The van der Waals surface area contributed by atoms with Crippen LogP contribution < -0.4 is 15.1 Å². The van der Waals surface area contributed by atoms with E-state index in [2.05, 4.69) is 6.92 Å². The molecule has 0 aliphatic heterocycles. The van der Waals surface area contributed by atoms with Crippen molar-refractivity contribution in [2.75, 3.05) is 20.3 Å². The number of hydrogen-bond donors (Lipinski definition) is 0. The quantitative estimate of drug-likeness (QED) is 0.105. The summed E-state index contributed by atoms with van der Waals surface area (Å²) >= 11 is 0. The van der Waals surface area contributed by atoms with Crippen LogP contribution in [0.1, 0.15) is 86.6 Å². The van der Waals surface area contributed by atoms with E-state index in [9.17, 15) is 22.8 Å². The number of alkyl halides is 3. The van der Waals surface area contributed by atoms with Gasteiger partial charge in [0, 0.05) is 17.0 Å². The van der Waals surface area contributed by atoms with E-state index >= 15 is 0 Å². The Kier molecular flexibility index (Phi) is 11.7. The van der Waals surface area contributed by atoms with E-state index < -0.39 is 47.7 Å². The molecule has 46 heavy (non-hydrogen) atoms. The van der Waals surface area contributed by atoms with Crippen molar-refractivity contribution in [1.29, 1.82) is 0 Å². The molecule has 6 nitrogen and oxygen atoms in total. The van der Waals surface area contributed by atoms with Gasteiger partial charge in [0.05, 0.1) is 18.6 Å². The van der Waals surface area contributed by atoms with Gasteiger partial charge in [-0.3, -0.25) is 4.79 Å². The highest BCUT2D eigenvalue weighted by Gasteiger charge is 2.53. The molecule has 1 heterocycles. The van der Waals surface area contributed by atoms with Gasteiger partial charge >= 0.3 is 17.8 Å². The topological polar surface area (TPSA) is 75.0 Å². The first-order chi connectivity index (χ1) is 21.3. The fraction of sp³-hybridized carbons (Fsp3) is 0.568. The highest BCUT2D eigenvalue weighted by molar-refractivity contribution is 5.84. The Hall–Kier alpha value is -3.49. The van der Waals surface area contributed by atoms with E-state index in [0.717, 1.165) is 38.2 Å². The van der Waals surface area contributed by atoms with E-state index in [0.29, 0.717) is 28.7 Å². The van der Waals surface area contributed by atoms with Crippen molar-refractivity contribution in [3.63, 3.8) is 0 Å². The zero-order chi connectivity index (χ0) is 34.5. The Morgan fingerprint density at radius 3 is 2.17 bits per heavy atom. The molecule has 0 N–H and O–H groups in total. The highest BCUT2D eigenvalue weighted by Crippen LogP contribution is 2.41. The van der Waals surface area contributed by atoms with Crippen molar-refractivity contribution >= 4 is 16.9 Å². The second-order valence-corrected chi connectivity index (χ2v) is 14.8. The van der Waals surface area contributed by atoms with Crippen molar-refractivity contribution < 1.29 is 36.6 Å². The van der Waals surface area contributed by atoms with Crippen molar-refractivity contribution in [1.82, 2.24) is 0 Å². The molecule has 254 valence electrons. The molecular formula is C37H49F3O6. The molecule has 0 bridgehead atoms. The summed E-state index contributed by atoms with van der Waals surface area (Å²) in [6, 6.07) is 11.9. The van der Waals surface area contributed by atoms with Crippen LogP contribution in [0.4, 0.5) is 13.2 Å². The zero-order valence-corrected chi connectivity index (χ0v) is 28.7. The molecule has 0 aliphatic rings. The van der Waals surface area contributed by atoms with Gasteiger partial charge in [0.15, 0.2) is 0 Å². The lowest BCUT2D eigenvalue weighted by molar-refractivity contribution is -0.241. The highest BCUT2D eigenvalue weighted by atomic mass is 19.4. The first kappa shape index (κ1) is 37.0. The number of rotatable bonds is 13. The Morgan fingerprint density at radius 1 is 0.891 bits per heavy atom. The number of fused-ring (bicyclic) bond motifs is 1. The molecule has 0 amide bonds. The van der Waals surface area contributed by atoms with Crippen molar-refractivity contribution in [2.45, 2.75) is 93.7 Å². The smallest absolute Gasteiger partial charge is 0.400 e. The Labute approximate surface area is 270 Å². The molecule has 9 heteroatoms. The third kappa shape index (κ3) is 9.52. The molecule has 0 saturated carbocycles. The van der Waals surface area contributed by atoms with Crippen LogP contribution in [0.2, 0.25) is 0 Å². The molecule has 0 spiro atoms. The number of esters is 1. The number of methoxy groups -OCH3 is 1. The van der Waals surface area contributed by atoms with Crippen LogP contribution in [0.15, 0.2) is 51.7 Å². The number of carbonyl (C=O) groups is 1. The van der Waals surface area contributed by atoms with Gasteiger partial charge < -0.3 is 18.6 Å². The predicted octanol–water partition coefficient (Wildman–Crippen LogP) is 9.79. The molecule has 0 fully saturated rings. The first-order valence-corrected chi connectivity index (χ1v) is 15.9. The molecule has 0 radical (unpaired) electrons. The maximum atomic E-state index is 14.3. The van der Waals surface area contributed by atoms with Gasteiger partial charge in [-0.15, -0.1) is 0 Å². The largest absolute Gasteiger partial charge is 0.496 e. The van der Waals surface area contributed by atoms with Crippen LogP contribution in [-0.2, 0) is 16.0 Å². The summed E-state index contributed by atoms with van der Waals surface area (Å²) in [5, 5.41) is 0.565. The normalized spacial score (nSPS) is 14.5. The number of benzene rings is 2. The van der Waals surface area contributed by atoms with Crippen LogP contribution >= 0.6 is 0 Å². The molecule has 2 aromatic carbocycles. The van der Waals surface area contributed by atoms with E-state index in [-0.39, 0.29) is 16.7 Å². The van der Waals surface area contributed by atoms with Gasteiger partial charge in [0.2, 0.25) is 0 Å². The lowest BCUT2D eigenvalue weighted by atomic mass is 9.72. The van der Waals surface area contributed by atoms with Crippen LogP contribution in [0, 0.1) is 22.2 Å². The number of carbonyl (C=O) groups excluding carboxylic acids is 1. The van der Waals surface area contributed by atoms with Gasteiger partial charge in [-0.2, -0.15) is 13.2 Å². The van der Waals surface area contributed by atoms with Crippen molar-refractivity contribution in [3.8, 4) is 22.6 Å². The van der Waals surface area contributed by atoms with Crippen LogP contribution in [0.3, 0.4) is 0 Å². The lowest BCUT2D eigenvalue weighted by Gasteiger charge is -2.36. The zero-order valence-electron chi connectivity index (χ0n) is 28.7. The molecule has 3 aromatic rings. The Bertz CT molecular complexity index is 1540. The molecule has 2 atom stereocenters. The SMILES string of the molecule is CCCCCc1ccc(-c2cc3ccc(OCC(C)(COC(=O)C(CC(C)(C)C)C(C)(C)C)C(F)(F)F)cc3oc2=O)c(OC)c1. The summed E-state index contributed by atoms with van der Waals surface area (Å²) in [4.78, 5) is 26.1.